The van der Waals surface area contributed by atoms with Crippen LogP contribution in [0.25, 0.3) is 0 Å². The second-order valence-electron chi connectivity index (χ2n) is 6.48. The number of amides is 1. The fraction of sp³-hybridized carbons (Fsp3) is 0.588. The molecule has 0 saturated carbocycles. The fourth-order valence-corrected chi connectivity index (χ4v) is 3.71. The molecule has 6 heteroatoms. The molecule has 2 saturated heterocycles. The predicted molar refractivity (Wildman–Crippen MR) is 86.3 cm³/mol. The molecule has 23 heavy (non-hydrogen) atoms. The number of piperazine rings is 1. The van der Waals surface area contributed by atoms with Crippen LogP contribution in [0.1, 0.15) is 18.4 Å². The number of nitrogens with zero attached hydrogens (tertiary/aromatic N) is 5. The van der Waals surface area contributed by atoms with Gasteiger partial charge >= 0.3 is 0 Å². The molecule has 0 aromatic carbocycles. The van der Waals surface area contributed by atoms with E-state index in [2.05, 4.69) is 26.9 Å². The van der Waals surface area contributed by atoms with Crippen molar-refractivity contribution in [3.8, 4) is 6.07 Å². The lowest BCUT2D eigenvalue weighted by molar-refractivity contribution is -0.153. The number of piperidine rings is 1. The fourth-order valence-electron chi connectivity index (χ4n) is 3.71. The zero-order chi connectivity index (χ0) is 16.3. The van der Waals surface area contributed by atoms with Gasteiger partial charge in [-0.25, -0.2) is 0 Å². The van der Waals surface area contributed by atoms with Crippen LogP contribution in [0.5, 0.6) is 0 Å². The van der Waals surface area contributed by atoms with Crippen LogP contribution < -0.4 is 0 Å². The Labute approximate surface area is 137 Å². The maximum Gasteiger partial charge on any atom is 0.244 e. The highest BCUT2D eigenvalue weighted by Crippen LogP contribution is 2.33. The van der Waals surface area contributed by atoms with Gasteiger partial charge in [0.25, 0.3) is 0 Å². The van der Waals surface area contributed by atoms with Crippen LogP contribution in [0, 0.1) is 11.3 Å². The number of nitriles is 1. The minimum Gasteiger partial charge on any atom is -0.326 e. The Bertz CT molecular complexity index is 589. The minimum atomic E-state index is -0.416. The molecule has 122 valence electrons. The molecule has 0 aliphatic carbocycles. The summed E-state index contributed by atoms with van der Waals surface area (Å²) in [7, 11) is 2.04. The summed E-state index contributed by atoms with van der Waals surface area (Å²) >= 11 is 0. The van der Waals surface area contributed by atoms with E-state index in [1.807, 2.05) is 19.3 Å². The predicted octanol–water partition coefficient (Wildman–Crippen LogP) is 0.714. The minimum absolute atomic E-state index is 0.133. The van der Waals surface area contributed by atoms with Crippen molar-refractivity contribution in [1.29, 1.82) is 5.26 Å². The second-order valence-corrected chi connectivity index (χ2v) is 6.48. The molecule has 1 aromatic rings. The highest BCUT2D eigenvalue weighted by Gasteiger charge is 2.49. The largest absolute Gasteiger partial charge is 0.326 e. The Morgan fingerprint density at radius 3 is 2.74 bits per heavy atom. The third-order valence-corrected chi connectivity index (χ3v) is 5.20. The van der Waals surface area contributed by atoms with Crippen molar-refractivity contribution in [2.24, 2.45) is 0 Å². The lowest BCUT2D eigenvalue weighted by Gasteiger charge is -2.51. The monoisotopic (exact) mass is 313 g/mol. The van der Waals surface area contributed by atoms with Gasteiger partial charge < -0.3 is 4.90 Å². The Kier molecular flexibility index (Phi) is 4.60. The molecule has 0 bridgehead atoms. The van der Waals surface area contributed by atoms with E-state index >= 15 is 0 Å². The van der Waals surface area contributed by atoms with E-state index in [0.717, 1.165) is 39.0 Å². The first kappa shape index (κ1) is 15.9. The summed E-state index contributed by atoms with van der Waals surface area (Å²) in [5.74, 6) is 0.133. The summed E-state index contributed by atoms with van der Waals surface area (Å²) in [6.45, 7) is 4.37. The van der Waals surface area contributed by atoms with Crippen molar-refractivity contribution >= 4 is 5.91 Å². The van der Waals surface area contributed by atoms with Crippen molar-refractivity contribution in [2.45, 2.75) is 24.9 Å². The molecule has 3 heterocycles. The molecule has 6 nitrogen and oxygen atoms in total. The van der Waals surface area contributed by atoms with Crippen LogP contribution in [0.3, 0.4) is 0 Å². The average Bonchev–Trinajstić information content (AvgIpc) is 2.58. The average molecular weight is 313 g/mol. The van der Waals surface area contributed by atoms with Crippen LogP contribution in [0.2, 0.25) is 0 Å². The standard InChI is InChI=1S/C17H23N5O/c1-20-11-12-22(10-6-18)16(23)17(20)4-8-21(9-5-17)14-15-3-2-7-19-13-15/h2-3,7,13H,4-5,8-12,14H2,1H3. The molecule has 2 aliphatic heterocycles. The number of likely N-dealkylation sites (tertiary alicyclic amines) is 1. The third kappa shape index (κ3) is 3.07. The van der Waals surface area contributed by atoms with Crippen molar-refractivity contribution in [3.05, 3.63) is 30.1 Å². The van der Waals surface area contributed by atoms with Gasteiger partial charge in [-0.2, -0.15) is 5.26 Å². The van der Waals surface area contributed by atoms with Gasteiger partial charge in [0.15, 0.2) is 0 Å². The molecule has 1 spiro atoms. The SMILES string of the molecule is CN1CCN(CC#N)C(=O)C12CCN(Cc1cccnc1)CC2. The van der Waals surface area contributed by atoms with E-state index in [4.69, 9.17) is 5.26 Å². The van der Waals surface area contributed by atoms with Gasteiger partial charge in [-0.15, -0.1) is 0 Å². The molecule has 1 amide bonds. The topological polar surface area (TPSA) is 63.5 Å². The quantitative estimate of drug-likeness (QED) is 0.769. The van der Waals surface area contributed by atoms with Crippen molar-refractivity contribution in [3.63, 3.8) is 0 Å². The van der Waals surface area contributed by atoms with Crippen LogP contribution in [0.15, 0.2) is 24.5 Å². The molecule has 1 aromatic heterocycles. The van der Waals surface area contributed by atoms with Gasteiger partial charge in [0.05, 0.1) is 6.07 Å². The maximum absolute atomic E-state index is 12.9. The summed E-state index contributed by atoms with van der Waals surface area (Å²) in [5, 5.41) is 8.92. The van der Waals surface area contributed by atoms with E-state index in [0.29, 0.717) is 6.54 Å². The zero-order valence-corrected chi connectivity index (χ0v) is 13.6. The van der Waals surface area contributed by atoms with Gasteiger partial charge in [-0.1, -0.05) is 6.07 Å². The Hall–Kier alpha value is -1.97. The molecule has 3 rings (SSSR count). The highest BCUT2D eigenvalue weighted by molar-refractivity contribution is 5.87. The number of likely N-dealkylation sites (N-methyl/N-ethyl adjacent to an activating group) is 1. The highest BCUT2D eigenvalue weighted by atomic mass is 16.2. The van der Waals surface area contributed by atoms with Gasteiger partial charge in [-0.05, 0) is 31.5 Å². The molecule has 0 unspecified atom stereocenters. The Balaban J connectivity index is 1.66. The molecule has 2 aliphatic rings. The van der Waals surface area contributed by atoms with Crippen LogP contribution in [-0.4, -0.2) is 70.9 Å². The number of rotatable bonds is 3. The molecule has 0 N–H and O–H groups in total. The Morgan fingerprint density at radius 1 is 1.30 bits per heavy atom. The third-order valence-electron chi connectivity index (χ3n) is 5.20. The second kappa shape index (κ2) is 6.65. The number of carbonyl (C=O) groups excluding carboxylic acids is 1. The van der Waals surface area contributed by atoms with Crippen molar-refractivity contribution in [1.82, 2.24) is 19.7 Å². The first-order valence-electron chi connectivity index (χ1n) is 8.14. The van der Waals surface area contributed by atoms with Crippen molar-refractivity contribution in [2.75, 3.05) is 39.8 Å². The molecule has 0 radical (unpaired) electrons. The lowest BCUT2D eigenvalue weighted by Crippen LogP contribution is -2.67. The lowest BCUT2D eigenvalue weighted by atomic mass is 9.82. The summed E-state index contributed by atoms with van der Waals surface area (Å²) in [6, 6.07) is 6.16. The summed E-state index contributed by atoms with van der Waals surface area (Å²) < 4.78 is 0. The molecular weight excluding hydrogens is 290 g/mol. The zero-order valence-electron chi connectivity index (χ0n) is 13.6. The van der Waals surface area contributed by atoms with Gasteiger partial charge in [0.1, 0.15) is 12.1 Å². The van der Waals surface area contributed by atoms with Gasteiger partial charge in [0.2, 0.25) is 5.91 Å². The summed E-state index contributed by atoms with van der Waals surface area (Å²) in [5.41, 5.74) is 0.790. The summed E-state index contributed by atoms with van der Waals surface area (Å²) in [4.78, 5) is 23.3. The number of hydrogen-bond donors (Lipinski definition) is 0. The van der Waals surface area contributed by atoms with Crippen molar-refractivity contribution < 1.29 is 4.79 Å². The van der Waals surface area contributed by atoms with E-state index < -0.39 is 5.54 Å². The maximum atomic E-state index is 12.9. The molecular formula is C17H23N5O. The van der Waals surface area contributed by atoms with E-state index in [1.165, 1.54) is 5.56 Å². The van der Waals surface area contributed by atoms with Crippen LogP contribution in [0.4, 0.5) is 0 Å². The van der Waals surface area contributed by atoms with E-state index in [-0.39, 0.29) is 12.5 Å². The Morgan fingerprint density at radius 2 is 2.09 bits per heavy atom. The van der Waals surface area contributed by atoms with E-state index in [9.17, 15) is 4.79 Å². The van der Waals surface area contributed by atoms with Gasteiger partial charge in [0, 0.05) is 45.1 Å². The number of hydrogen-bond acceptors (Lipinski definition) is 5. The normalized spacial score (nSPS) is 22.3. The smallest absolute Gasteiger partial charge is 0.244 e. The number of carbonyl (C=O) groups is 1. The van der Waals surface area contributed by atoms with Gasteiger partial charge in [-0.3, -0.25) is 19.6 Å². The number of aromatic nitrogens is 1. The van der Waals surface area contributed by atoms with E-state index in [1.54, 1.807) is 11.1 Å². The summed E-state index contributed by atoms with van der Waals surface area (Å²) in [6.07, 6.45) is 5.33. The van der Waals surface area contributed by atoms with Crippen LogP contribution in [-0.2, 0) is 11.3 Å². The molecule has 2 fully saturated rings. The first-order chi connectivity index (χ1) is 11.2. The van der Waals surface area contributed by atoms with Crippen LogP contribution >= 0.6 is 0 Å². The number of pyridine rings is 1. The first-order valence-corrected chi connectivity index (χ1v) is 8.14. The molecule has 0 atom stereocenters.